The fourth-order valence-electron chi connectivity index (χ4n) is 3.73. The normalized spacial score (nSPS) is 26.8. The molecule has 0 aromatic carbocycles. The lowest BCUT2D eigenvalue weighted by Crippen LogP contribution is -2.39. The van der Waals surface area contributed by atoms with Gasteiger partial charge in [0.15, 0.2) is 0 Å². The van der Waals surface area contributed by atoms with Gasteiger partial charge >= 0.3 is 5.97 Å². The number of carboxylic acid groups (broad SMARTS) is 1. The second-order valence-corrected chi connectivity index (χ2v) is 6.68. The second kappa shape index (κ2) is 7.99. The fraction of sp³-hybridized carbons (Fsp3) is 0.938. The van der Waals surface area contributed by atoms with Crippen molar-refractivity contribution in [2.75, 3.05) is 39.3 Å². The van der Waals surface area contributed by atoms with Crippen LogP contribution in [0, 0.1) is 11.8 Å². The highest BCUT2D eigenvalue weighted by Gasteiger charge is 2.25. The quantitative estimate of drug-likeness (QED) is 0.778. The number of carbonyl (C=O) groups is 1. The third kappa shape index (κ3) is 5.06. The Hall–Kier alpha value is -0.610. The van der Waals surface area contributed by atoms with Gasteiger partial charge in [0.1, 0.15) is 0 Å². The van der Waals surface area contributed by atoms with E-state index in [1.54, 1.807) is 0 Å². The summed E-state index contributed by atoms with van der Waals surface area (Å²) < 4.78 is 0. The highest BCUT2D eigenvalue weighted by Crippen LogP contribution is 2.26. The predicted octanol–water partition coefficient (Wildman–Crippen LogP) is 2.30. The lowest BCUT2D eigenvalue weighted by atomic mass is 9.84. The van der Waals surface area contributed by atoms with Crippen LogP contribution in [0.25, 0.3) is 0 Å². The molecule has 1 N–H and O–H groups in total. The molecule has 4 nitrogen and oxygen atoms in total. The van der Waals surface area contributed by atoms with Gasteiger partial charge in [-0.1, -0.05) is 6.92 Å². The summed E-state index contributed by atoms with van der Waals surface area (Å²) in [6.45, 7) is 9.42. The fourth-order valence-corrected chi connectivity index (χ4v) is 3.73. The monoisotopic (exact) mass is 282 g/mol. The van der Waals surface area contributed by atoms with E-state index in [1.165, 1.54) is 64.8 Å². The maximum Gasteiger partial charge on any atom is 0.303 e. The molecular formula is C16H30N2O2. The zero-order valence-corrected chi connectivity index (χ0v) is 12.9. The van der Waals surface area contributed by atoms with Crippen molar-refractivity contribution in [3.63, 3.8) is 0 Å². The van der Waals surface area contributed by atoms with Crippen molar-refractivity contribution in [1.29, 1.82) is 0 Å². The summed E-state index contributed by atoms with van der Waals surface area (Å²) in [6.07, 6.45) is 6.78. The van der Waals surface area contributed by atoms with Crippen LogP contribution in [-0.2, 0) is 4.79 Å². The topological polar surface area (TPSA) is 43.8 Å². The van der Waals surface area contributed by atoms with Crippen molar-refractivity contribution in [3.05, 3.63) is 0 Å². The Morgan fingerprint density at radius 3 is 2.50 bits per heavy atom. The second-order valence-electron chi connectivity index (χ2n) is 6.68. The minimum absolute atomic E-state index is 0.314. The van der Waals surface area contributed by atoms with E-state index in [4.69, 9.17) is 5.11 Å². The number of rotatable bonds is 7. The lowest BCUT2D eigenvalue weighted by molar-refractivity contribution is -0.138. The van der Waals surface area contributed by atoms with Crippen molar-refractivity contribution in [1.82, 2.24) is 9.80 Å². The molecule has 0 spiro atoms. The molecule has 2 saturated heterocycles. The molecule has 2 aliphatic heterocycles. The van der Waals surface area contributed by atoms with Gasteiger partial charge in [0.2, 0.25) is 0 Å². The van der Waals surface area contributed by atoms with Gasteiger partial charge in [0, 0.05) is 13.0 Å². The van der Waals surface area contributed by atoms with Gasteiger partial charge in [0.25, 0.3) is 0 Å². The molecular weight excluding hydrogens is 252 g/mol. The molecule has 2 atom stereocenters. The number of aliphatic carboxylic acids is 1. The first kappa shape index (κ1) is 15.8. The SMILES string of the molecule is CC(CC(=O)O)C1CCCN(CCCN2CCCC2)C1. The van der Waals surface area contributed by atoms with Gasteiger partial charge in [-0.15, -0.1) is 0 Å². The first-order valence-electron chi connectivity index (χ1n) is 8.31. The number of carboxylic acids is 1. The highest BCUT2D eigenvalue weighted by molar-refractivity contribution is 5.66. The highest BCUT2D eigenvalue weighted by atomic mass is 16.4. The zero-order valence-electron chi connectivity index (χ0n) is 12.9. The average Bonchev–Trinajstić information content (AvgIpc) is 2.91. The van der Waals surface area contributed by atoms with Crippen molar-refractivity contribution in [2.45, 2.75) is 45.4 Å². The third-order valence-corrected chi connectivity index (χ3v) is 4.99. The molecule has 0 aliphatic carbocycles. The maximum absolute atomic E-state index is 10.8. The van der Waals surface area contributed by atoms with E-state index in [0.29, 0.717) is 18.3 Å². The number of nitrogens with zero attached hydrogens (tertiary/aromatic N) is 2. The minimum Gasteiger partial charge on any atom is -0.481 e. The zero-order chi connectivity index (χ0) is 14.4. The van der Waals surface area contributed by atoms with Crippen LogP contribution >= 0.6 is 0 Å². The van der Waals surface area contributed by atoms with E-state index < -0.39 is 5.97 Å². The molecule has 4 heteroatoms. The van der Waals surface area contributed by atoms with Gasteiger partial charge in [-0.3, -0.25) is 4.79 Å². The summed E-state index contributed by atoms with van der Waals surface area (Å²) in [5.74, 6) is 0.240. The maximum atomic E-state index is 10.8. The Morgan fingerprint density at radius 2 is 1.80 bits per heavy atom. The summed E-state index contributed by atoms with van der Waals surface area (Å²) in [7, 11) is 0. The molecule has 2 fully saturated rings. The molecule has 0 aromatic heterocycles. The van der Waals surface area contributed by atoms with Gasteiger partial charge < -0.3 is 14.9 Å². The van der Waals surface area contributed by atoms with E-state index in [2.05, 4.69) is 16.7 Å². The molecule has 2 unspecified atom stereocenters. The molecule has 20 heavy (non-hydrogen) atoms. The van der Waals surface area contributed by atoms with Crippen LogP contribution in [0.15, 0.2) is 0 Å². The molecule has 0 bridgehead atoms. The van der Waals surface area contributed by atoms with E-state index in [1.807, 2.05) is 0 Å². The van der Waals surface area contributed by atoms with Crippen molar-refractivity contribution < 1.29 is 9.90 Å². The van der Waals surface area contributed by atoms with Crippen molar-refractivity contribution >= 4 is 5.97 Å². The summed E-state index contributed by atoms with van der Waals surface area (Å²) in [5, 5.41) is 8.92. The third-order valence-electron chi connectivity index (χ3n) is 4.99. The Balaban J connectivity index is 1.65. The van der Waals surface area contributed by atoms with E-state index in [9.17, 15) is 4.79 Å². The molecule has 2 rings (SSSR count). The van der Waals surface area contributed by atoms with Crippen molar-refractivity contribution in [2.24, 2.45) is 11.8 Å². The van der Waals surface area contributed by atoms with Crippen LogP contribution < -0.4 is 0 Å². The first-order chi connectivity index (χ1) is 9.65. The molecule has 2 aliphatic rings. The largest absolute Gasteiger partial charge is 0.481 e. The molecule has 2 heterocycles. The van der Waals surface area contributed by atoms with E-state index >= 15 is 0 Å². The number of piperidine rings is 1. The molecule has 0 radical (unpaired) electrons. The number of hydrogen-bond donors (Lipinski definition) is 1. The van der Waals surface area contributed by atoms with Gasteiger partial charge in [-0.25, -0.2) is 0 Å². The van der Waals surface area contributed by atoms with Crippen LogP contribution in [0.5, 0.6) is 0 Å². The predicted molar refractivity (Wildman–Crippen MR) is 80.9 cm³/mol. The van der Waals surface area contributed by atoms with Gasteiger partial charge in [-0.2, -0.15) is 0 Å². The Morgan fingerprint density at radius 1 is 1.15 bits per heavy atom. The molecule has 0 amide bonds. The van der Waals surface area contributed by atoms with Crippen LogP contribution in [0.2, 0.25) is 0 Å². The van der Waals surface area contributed by atoms with Gasteiger partial charge in [-0.05, 0) is 76.7 Å². The smallest absolute Gasteiger partial charge is 0.303 e. The molecule has 116 valence electrons. The summed E-state index contributed by atoms with van der Waals surface area (Å²) in [4.78, 5) is 16.0. The van der Waals surface area contributed by atoms with E-state index in [-0.39, 0.29) is 0 Å². The summed E-state index contributed by atoms with van der Waals surface area (Å²) in [6, 6.07) is 0. The Kier molecular flexibility index (Phi) is 6.30. The van der Waals surface area contributed by atoms with Crippen LogP contribution in [0.4, 0.5) is 0 Å². The molecule has 0 saturated carbocycles. The standard InChI is InChI=1S/C16H30N2O2/c1-14(12-16(19)20)15-6-4-9-18(13-15)11-5-10-17-7-2-3-8-17/h14-15H,2-13H2,1H3,(H,19,20). The number of hydrogen-bond acceptors (Lipinski definition) is 3. The Labute approximate surface area is 123 Å². The van der Waals surface area contributed by atoms with Crippen LogP contribution in [-0.4, -0.2) is 60.1 Å². The first-order valence-corrected chi connectivity index (χ1v) is 8.31. The molecule has 0 aromatic rings. The van der Waals surface area contributed by atoms with Gasteiger partial charge in [0.05, 0.1) is 0 Å². The summed E-state index contributed by atoms with van der Waals surface area (Å²) >= 11 is 0. The van der Waals surface area contributed by atoms with Crippen LogP contribution in [0.1, 0.15) is 45.4 Å². The summed E-state index contributed by atoms with van der Waals surface area (Å²) in [5.41, 5.74) is 0. The van der Waals surface area contributed by atoms with E-state index in [0.717, 1.165) is 6.54 Å². The van der Waals surface area contributed by atoms with Crippen molar-refractivity contribution in [3.8, 4) is 0 Å². The Bertz CT molecular complexity index is 303. The van der Waals surface area contributed by atoms with Crippen LogP contribution in [0.3, 0.4) is 0 Å². The average molecular weight is 282 g/mol. The lowest BCUT2D eigenvalue weighted by Gasteiger charge is -2.35. The number of likely N-dealkylation sites (tertiary alicyclic amines) is 2. The minimum atomic E-state index is -0.649.